The second kappa shape index (κ2) is 7.90. The van der Waals surface area contributed by atoms with Gasteiger partial charge in [-0.1, -0.05) is 25.5 Å². The summed E-state index contributed by atoms with van der Waals surface area (Å²) < 4.78 is 6.47. The maximum absolute atomic E-state index is 12.0. The van der Waals surface area contributed by atoms with E-state index in [-0.39, 0.29) is 17.9 Å². The highest BCUT2D eigenvalue weighted by Crippen LogP contribution is 2.06. The van der Waals surface area contributed by atoms with Gasteiger partial charge in [0.2, 0.25) is 0 Å². The molecule has 1 aromatic heterocycles. The molecule has 0 N–H and O–H groups in total. The van der Waals surface area contributed by atoms with Crippen LogP contribution in [0.15, 0.2) is 41.2 Å². The van der Waals surface area contributed by atoms with E-state index in [2.05, 4.69) is 5.10 Å². The monoisotopic (exact) mass is 311 g/mol. The molecule has 1 aromatic carbocycles. The standard InChI is InChI=1S/C17H17N3O3/c1-2-3-10-20-16(21)9-8-15(19-20)17(22)23-12-14-6-4-13(11-18)5-7-14/h4-9H,2-3,10,12H2,1H3. The van der Waals surface area contributed by atoms with E-state index in [1.165, 1.54) is 16.8 Å². The van der Waals surface area contributed by atoms with Crippen molar-refractivity contribution in [1.29, 1.82) is 5.26 Å². The number of nitriles is 1. The van der Waals surface area contributed by atoms with Gasteiger partial charge in [0.1, 0.15) is 6.61 Å². The topological polar surface area (TPSA) is 85.0 Å². The Morgan fingerprint density at radius 1 is 1.26 bits per heavy atom. The van der Waals surface area contributed by atoms with Gasteiger partial charge in [0, 0.05) is 12.6 Å². The number of aryl methyl sites for hydroxylation is 1. The van der Waals surface area contributed by atoms with Crippen LogP contribution in [0.5, 0.6) is 0 Å². The number of unbranched alkanes of at least 4 members (excludes halogenated alkanes) is 1. The number of esters is 1. The second-order valence-corrected chi connectivity index (χ2v) is 5.02. The molecule has 0 saturated heterocycles. The molecule has 0 amide bonds. The Bertz CT molecular complexity index is 773. The number of nitrogens with zero attached hydrogens (tertiary/aromatic N) is 3. The Kier molecular flexibility index (Phi) is 5.64. The van der Waals surface area contributed by atoms with Crippen molar-refractivity contribution in [3.05, 3.63) is 63.6 Å². The molecule has 2 rings (SSSR count). The number of hydrogen-bond acceptors (Lipinski definition) is 5. The molecule has 23 heavy (non-hydrogen) atoms. The van der Waals surface area contributed by atoms with Crippen molar-refractivity contribution in [3.8, 4) is 6.07 Å². The third-order valence-electron chi connectivity index (χ3n) is 3.25. The third-order valence-corrected chi connectivity index (χ3v) is 3.25. The summed E-state index contributed by atoms with van der Waals surface area (Å²) in [7, 11) is 0. The van der Waals surface area contributed by atoms with E-state index in [0.29, 0.717) is 12.1 Å². The normalized spacial score (nSPS) is 10.1. The second-order valence-electron chi connectivity index (χ2n) is 5.02. The van der Waals surface area contributed by atoms with Crippen molar-refractivity contribution in [2.24, 2.45) is 0 Å². The van der Waals surface area contributed by atoms with E-state index >= 15 is 0 Å². The summed E-state index contributed by atoms with van der Waals surface area (Å²) >= 11 is 0. The molecule has 6 heteroatoms. The van der Waals surface area contributed by atoms with E-state index < -0.39 is 5.97 Å². The average Bonchev–Trinajstić information content (AvgIpc) is 2.59. The summed E-state index contributed by atoms with van der Waals surface area (Å²) in [6.07, 6.45) is 1.75. The lowest BCUT2D eigenvalue weighted by molar-refractivity contribution is 0.0462. The zero-order valence-electron chi connectivity index (χ0n) is 12.9. The van der Waals surface area contributed by atoms with Crippen LogP contribution < -0.4 is 5.56 Å². The first kappa shape index (κ1) is 16.4. The maximum Gasteiger partial charge on any atom is 0.359 e. The highest BCUT2D eigenvalue weighted by Gasteiger charge is 2.11. The van der Waals surface area contributed by atoms with Gasteiger partial charge in [-0.25, -0.2) is 9.48 Å². The number of carbonyl (C=O) groups excluding carboxylic acids is 1. The van der Waals surface area contributed by atoms with Crippen molar-refractivity contribution < 1.29 is 9.53 Å². The zero-order valence-corrected chi connectivity index (χ0v) is 12.9. The van der Waals surface area contributed by atoms with Crippen LogP contribution in [-0.4, -0.2) is 15.7 Å². The molecule has 2 aromatic rings. The molecule has 0 aliphatic rings. The van der Waals surface area contributed by atoms with Crippen LogP contribution >= 0.6 is 0 Å². The van der Waals surface area contributed by atoms with Crippen molar-refractivity contribution in [3.63, 3.8) is 0 Å². The average molecular weight is 311 g/mol. The molecule has 0 bridgehead atoms. The highest BCUT2D eigenvalue weighted by atomic mass is 16.5. The third kappa shape index (κ3) is 4.51. The zero-order chi connectivity index (χ0) is 16.7. The number of hydrogen-bond donors (Lipinski definition) is 0. The summed E-state index contributed by atoms with van der Waals surface area (Å²) in [5.41, 5.74) is 1.19. The van der Waals surface area contributed by atoms with Gasteiger partial charge in [0.15, 0.2) is 5.69 Å². The van der Waals surface area contributed by atoms with Gasteiger partial charge >= 0.3 is 5.97 Å². The van der Waals surface area contributed by atoms with Gasteiger partial charge in [0.25, 0.3) is 5.56 Å². The molecule has 0 atom stereocenters. The van der Waals surface area contributed by atoms with E-state index in [4.69, 9.17) is 10.00 Å². The minimum absolute atomic E-state index is 0.0836. The van der Waals surface area contributed by atoms with E-state index in [1.54, 1.807) is 24.3 Å². The predicted molar refractivity (Wildman–Crippen MR) is 83.7 cm³/mol. The largest absolute Gasteiger partial charge is 0.456 e. The van der Waals surface area contributed by atoms with Gasteiger partial charge in [-0.3, -0.25) is 4.79 Å². The van der Waals surface area contributed by atoms with Crippen LogP contribution in [0.1, 0.15) is 41.4 Å². The molecule has 0 aliphatic carbocycles. The van der Waals surface area contributed by atoms with Crippen LogP contribution in [0.3, 0.4) is 0 Å². The first-order chi connectivity index (χ1) is 11.1. The van der Waals surface area contributed by atoms with E-state index in [0.717, 1.165) is 18.4 Å². The van der Waals surface area contributed by atoms with Gasteiger partial charge < -0.3 is 4.74 Å². The van der Waals surface area contributed by atoms with Crippen molar-refractivity contribution in [2.75, 3.05) is 0 Å². The molecule has 0 spiro atoms. The Balaban J connectivity index is 2.02. The molecule has 1 heterocycles. The van der Waals surface area contributed by atoms with E-state index in [9.17, 15) is 9.59 Å². The summed E-state index contributed by atoms with van der Waals surface area (Å²) in [6.45, 7) is 2.58. The van der Waals surface area contributed by atoms with E-state index in [1.807, 2.05) is 13.0 Å². The number of aromatic nitrogens is 2. The van der Waals surface area contributed by atoms with Gasteiger partial charge in [-0.05, 0) is 30.2 Å². The molecule has 6 nitrogen and oxygen atoms in total. The van der Waals surface area contributed by atoms with Crippen molar-refractivity contribution >= 4 is 5.97 Å². The summed E-state index contributed by atoms with van der Waals surface area (Å²) in [5, 5.41) is 12.8. The van der Waals surface area contributed by atoms with Crippen molar-refractivity contribution in [1.82, 2.24) is 9.78 Å². The lowest BCUT2D eigenvalue weighted by Gasteiger charge is -2.07. The number of rotatable bonds is 6. The fourth-order valence-corrected chi connectivity index (χ4v) is 1.92. The van der Waals surface area contributed by atoms with Crippen molar-refractivity contribution in [2.45, 2.75) is 32.9 Å². The Hall–Kier alpha value is -2.94. The molecule has 0 fully saturated rings. The summed E-state index contributed by atoms with van der Waals surface area (Å²) in [6, 6.07) is 11.5. The Morgan fingerprint density at radius 2 is 2.00 bits per heavy atom. The fourth-order valence-electron chi connectivity index (χ4n) is 1.92. The van der Waals surface area contributed by atoms with Crippen LogP contribution in [0.4, 0.5) is 0 Å². The number of carbonyl (C=O) groups is 1. The summed E-state index contributed by atoms with van der Waals surface area (Å²) in [5.74, 6) is -0.584. The van der Waals surface area contributed by atoms with Crippen LogP contribution in [0.25, 0.3) is 0 Å². The van der Waals surface area contributed by atoms with Crippen LogP contribution in [-0.2, 0) is 17.9 Å². The van der Waals surface area contributed by atoms with Gasteiger partial charge in [-0.2, -0.15) is 10.4 Å². The first-order valence-electron chi connectivity index (χ1n) is 7.38. The minimum Gasteiger partial charge on any atom is -0.456 e. The highest BCUT2D eigenvalue weighted by molar-refractivity contribution is 5.86. The van der Waals surface area contributed by atoms with Gasteiger partial charge in [-0.15, -0.1) is 0 Å². The van der Waals surface area contributed by atoms with Crippen LogP contribution in [0.2, 0.25) is 0 Å². The molecule has 0 unspecified atom stereocenters. The lowest BCUT2D eigenvalue weighted by atomic mass is 10.2. The lowest BCUT2D eigenvalue weighted by Crippen LogP contribution is -2.25. The summed E-state index contributed by atoms with van der Waals surface area (Å²) in [4.78, 5) is 23.7. The SMILES string of the molecule is CCCCn1nc(C(=O)OCc2ccc(C#N)cc2)ccc1=O. The predicted octanol–water partition coefficient (Wildman–Crippen LogP) is 2.27. The minimum atomic E-state index is -0.584. The Morgan fingerprint density at radius 3 is 2.65 bits per heavy atom. The fraction of sp³-hybridized carbons (Fsp3) is 0.294. The molecular formula is C17H17N3O3. The molecule has 118 valence electrons. The smallest absolute Gasteiger partial charge is 0.359 e. The number of ether oxygens (including phenoxy) is 1. The first-order valence-corrected chi connectivity index (χ1v) is 7.38. The molecular weight excluding hydrogens is 294 g/mol. The Labute approximate surface area is 133 Å². The van der Waals surface area contributed by atoms with Crippen LogP contribution in [0, 0.1) is 11.3 Å². The molecule has 0 aliphatic heterocycles. The molecule has 0 radical (unpaired) electrons. The van der Waals surface area contributed by atoms with Gasteiger partial charge in [0.05, 0.1) is 11.6 Å². The maximum atomic E-state index is 12.0. The quantitative estimate of drug-likeness (QED) is 0.764. The number of benzene rings is 1. The molecule has 0 saturated carbocycles.